The monoisotopic (exact) mass is 320 g/mol. The van der Waals surface area contributed by atoms with Crippen LogP contribution in [0.1, 0.15) is 56.2 Å². The molecule has 1 aliphatic heterocycles. The second-order valence-electron chi connectivity index (χ2n) is 7.75. The smallest absolute Gasteiger partial charge is 0.393 e. The van der Waals surface area contributed by atoms with Crippen molar-refractivity contribution >= 4 is 23.8 Å². The van der Waals surface area contributed by atoms with Crippen LogP contribution >= 0.6 is 0 Å². The standard InChI is InChI=1S/C21H29BN2/c1-14(2)17-9-8-10-18(15(3)4)21(17)22-23(6)19-12-11-16(5)13-20(19)24(22)7/h8-15H,1-7H3. The van der Waals surface area contributed by atoms with Crippen molar-refractivity contribution in [3.63, 3.8) is 0 Å². The van der Waals surface area contributed by atoms with E-state index < -0.39 is 0 Å². The first kappa shape index (κ1) is 16.9. The van der Waals surface area contributed by atoms with Gasteiger partial charge in [0.2, 0.25) is 0 Å². The summed E-state index contributed by atoms with van der Waals surface area (Å²) in [6, 6.07) is 13.6. The molecular weight excluding hydrogens is 291 g/mol. The highest BCUT2D eigenvalue weighted by Gasteiger charge is 2.40. The zero-order chi connectivity index (χ0) is 17.6. The molecule has 3 rings (SSSR count). The van der Waals surface area contributed by atoms with Gasteiger partial charge in [-0.05, 0) is 67.1 Å². The molecule has 0 atom stereocenters. The molecule has 0 amide bonds. The molecule has 0 unspecified atom stereocenters. The van der Waals surface area contributed by atoms with Crippen LogP contribution in [-0.4, -0.2) is 21.1 Å². The molecule has 0 aromatic heterocycles. The third-order valence-corrected chi connectivity index (χ3v) is 5.30. The highest BCUT2D eigenvalue weighted by Crippen LogP contribution is 2.37. The van der Waals surface area contributed by atoms with Crippen LogP contribution in [0.5, 0.6) is 0 Å². The normalized spacial score (nSPS) is 14.1. The molecule has 2 aromatic rings. The minimum absolute atomic E-state index is 0.262. The van der Waals surface area contributed by atoms with Crippen molar-refractivity contribution in [1.29, 1.82) is 0 Å². The third-order valence-electron chi connectivity index (χ3n) is 5.30. The Kier molecular flexibility index (Phi) is 4.37. The number of anilines is 2. The fourth-order valence-corrected chi connectivity index (χ4v) is 4.03. The van der Waals surface area contributed by atoms with Gasteiger partial charge in [-0.3, -0.25) is 0 Å². The average Bonchev–Trinajstić information content (AvgIpc) is 2.77. The Labute approximate surface area is 147 Å². The zero-order valence-electron chi connectivity index (χ0n) is 16.1. The predicted octanol–water partition coefficient (Wildman–Crippen LogP) is 4.52. The van der Waals surface area contributed by atoms with Gasteiger partial charge in [0.1, 0.15) is 0 Å². The minimum Gasteiger partial charge on any atom is -0.393 e. The largest absolute Gasteiger partial charge is 0.411 e. The summed E-state index contributed by atoms with van der Waals surface area (Å²) < 4.78 is 0. The number of rotatable bonds is 3. The maximum Gasteiger partial charge on any atom is 0.411 e. The van der Waals surface area contributed by atoms with E-state index in [-0.39, 0.29) is 6.98 Å². The molecule has 24 heavy (non-hydrogen) atoms. The Morgan fingerprint density at radius 2 is 1.33 bits per heavy atom. The number of nitrogens with zero attached hydrogens (tertiary/aromatic N) is 2. The Morgan fingerprint density at radius 1 is 0.792 bits per heavy atom. The number of fused-ring (bicyclic) bond motifs is 1. The number of hydrogen-bond acceptors (Lipinski definition) is 2. The fraction of sp³-hybridized carbons (Fsp3) is 0.429. The molecule has 0 bridgehead atoms. The van der Waals surface area contributed by atoms with Gasteiger partial charge in [-0.2, -0.15) is 0 Å². The van der Waals surface area contributed by atoms with Crippen LogP contribution in [0.2, 0.25) is 0 Å². The lowest BCUT2D eigenvalue weighted by Gasteiger charge is -2.30. The van der Waals surface area contributed by atoms with Crippen LogP contribution in [0.3, 0.4) is 0 Å². The Balaban J connectivity index is 2.20. The average molecular weight is 320 g/mol. The van der Waals surface area contributed by atoms with Crippen LogP contribution in [0, 0.1) is 6.92 Å². The number of aryl methyl sites for hydroxylation is 1. The Hall–Kier alpha value is -1.90. The van der Waals surface area contributed by atoms with Gasteiger partial charge in [0.15, 0.2) is 0 Å². The minimum atomic E-state index is 0.262. The molecular formula is C21H29BN2. The highest BCUT2D eigenvalue weighted by molar-refractivity contribution is 6.82. The summed E-state index contributed by atoms with van der Waals surface area (Å²) in [7, 11) is 4.46. The number of benzene rings is 2. The van der Waals surface area contributed by atoms with Gasteiger partial charge in [0, 0.05) is 11.4 Å². The van der Waals surface area contributed by atoms with Gasteiger partial charge in [0.05, 0.1) is 0 Å². The molecule has 0 radical (unpaired) electrons. The van der Waals surface area contributed by atoms with Gasteiger partial charge in [0.25, 0.3) is 0 Å². The molecule has 126 valence electrons. The quantitative estimate of drug-likeness (QED) is 0.767. The summed E-state index contributed by atoms with van der Waals surface area (Å²) in [5.74, 6) is 1.04. The second-order valence-corrected chi connectivity index (χ2v) is 7.75. The highest BCUT2D eigenvalue weighted by atomic mass is 15.3. The second kappa shape index (κ2) is 6.20. The fourth-order valence-electron chi connectivity index (χ4n) is 4.03. The SMILES string of the molecule is Cc1ccc2c(c1)N(C)B(c1c(C(C)C)cccc1C(C)C)N2C. The Morgan fingerprint density at radius 3 is 1.88 bits per heavy atom. The van der Waals surface area contributed by atoms with Crippen LogP contribution in [0.4, 0.5) is 11.4 Å². The molecule has 0 fully saturated rings. The third kappa shape index (κ3) is 2.60. The first-order chi connectivity index (χ1) is 11.3. The summed E-state index contributed by atoms with van der Waals surface area (Å²) in [5, 5.41) is 0. The first-order valence-electron chi connectivity index (χ1n) is 9.02. The maximum atomic E-state index is 2.44. The summed E-state index contributed by atoms with van der Waals surface area (Å²) in [6.07, 6.45) is 0. The lowest BCUT2D eigenvalue weighted by Crippen LogP contribution is -2.56. The molecule has 0 saturated heterocycles. The van der Waals surface area contributed by atoms with Crippen molar-refractivity contribution in [2.75, 3.05) is 23.7 Å². The van der Waals surface area contributed by atoms with E-state index in [0.29, 0.717) is 11.8 Å². The van der Waals surface area contributed by atoms with E-state index in [0.717, 1.165) is 0 Å². The molecule has 0 saturated carbocycles. The zero-order valence-corrected chi connectivity index (χ0v) is 16.1. The topological polar surface area (TPSA) is 6.48 Å². The molecule has 0 N–H and O–H groups in total. The van der Waals surface area contributed by atoms with Gasteiger partial charge in [-0.25, -0.2) is 0 Å². The molecule has 3 heteroatoms. The molecule has 2 nitrogen and oxygen atoms in total. The summed E-state index contributed by atoms with van der Waals surface area (Å²) >= 11 is 0. The predicted molar refractivity (Wildman–Crippen MR) is 108 cm³/mol. The van der Waals surface area contributed by atoms with Crippen molar-refractivity contribution in [3.05, 3.63) is 53.1 Å². The molecule has 1 heterocycles. The van der Waals surface area contributed by atoms with Crippen LogP contribution < -0.4 is 15.1 Å². The molecule has 0 spiro atoms. The van der Waals surface area contributed by atoms with Gasteiger partial charge in [-0.1, -0.05) is 52.0 Å². The van der Waals surface area contributed by atoms with Gasteiger partial charge < -0.3 is 9.62 Å². The molecule has 2 aromatic carbocycles. The Bertz CT molecular complexity index is 725. The van der Waals surface area contributed by atoms with Gasteiger partial charge in [-0.15, -0.1) is 0 Å². The van der Waals surface area contributed by atoms with Crippen molar-refractivity contribution < 1.29 is 0 Å². The first-order valence-corrected chi connectivity index (χ1v) is 9.02. The summed E-state index contributed by atoms with van der Waals surface area (Å²) in [6.45, 7) is 11.6. The van der Waals surface area contributed by atoms with E-state index in [2.05, 4.69) is 94.7 Å². The van der Waals surface area contributed by atoms with Crippen molar-refractivity contribution in [2.45, 2.75) is 46.5 Å². The lowest BCUT2D eigenvalue weighted by atomic mass is 9.59. The molecule has 0 aliphatic carbocycles. The van der Waals surface area contributed by atoms with E-state index >= 15 is 0 Å². The van der Waals surface area contributed by atoms with Gasteiger partial charge >= 0.3 is 6.98 Å². The lowest BCUT2D eigenvalue weighted by molar-refractivity contribution is 0.843. The van der Waals surface area contributed by atoms with Crippen molar-refractivity contribution in [2.24, 2.45) is 0 Å². The summed E-state index contributed by atoms with van der Waals surface area (Å²) in [5.41, 5.74) is 8.39. The van der Waals surface area contributed by atoms with E-state index in [1.165, 1.54) is 33.5 Å². The van der Waals surface area contributed by atoms with Crippen LogP contribution in [0.25, 0.3) is 0 Å². The van der Waals surface area contributed by atoms with Crippen LogP contribution in [-0.2, 0) is 0 Å². The van der Waals surface area contributed by atoms with Crippen LogP contribution in [0.15, 0.2) is 36.4 Å². The van der Waals surface area contributed by atoms with E-state index in [9.17, 15) is 0 Å². The van der Waals surface area contributed by atoms with E-state index in [1.54, 1.807) is 0 Å². The van der Waals surface area contributed by atoms with Crippen molar-refractivity contribution in [3.8, 4) is 0 Å². The van der Waals surface area contributed by atoms with E-state index in [4.69, 9.17) is 0 Å². The van der Waals surface area contributed by atoms with E-state index in [1.807, 2.05) is 0 Å². The van der Waals surface area contributed by atoms with Crippen molar-refractivity contribution in [1.82, 2.24) is 0 Å². The number of hydrogen-bond donors (Lipinski definition) is 0. The maximum absolute atomic E-state index is 2.44. The summed E-state index contributed by atoms with van der Waals surface area (Å²) in [4.78, 5) is 4.87. The molecule has 1 aliphatic rings.